The highest BCUT2D eigenvalue weighted by atomic mass is 16.5. The Hall–Kier alpha value is -3.64. The minimum Gasteiger partial charge on any atom is -0.496 e. The quantitative estimate of drug-likeness (QED) is 0.406. The fourth-order valence-corrected chi connectivity index (χ4v) is 5.03. The summed E-state index contributed by atoms with van der Waals surface area (Å²) in [4.78, 5) is 18.1. The lowest BCUT2D eigenvalue weighted by atomic mass is 9.89. The van der Waals surface area contributed by atoms with Crippen molar-refractivity contribution in [2.75, 3.05) is 20.3 Å². The number of benzene rings is 3. The van der Waals surface area contributed by atoms with E-state index in [9.17, 15) is 4.79 Å². The average Bonchev–Trinajstić information content (AvgIpc) is 3.49. The highest BCUT2D eigenvalue weighted by Gasteiger charge is 2.42. The molecule has 0 unspecified atom stereocenters. The molecule has 0 saturated carbocycles. The summed E-state index contributed by atoms with van der Waals surface area (Å²) in [6.45, 7) is 1.12. The van der Waals surface area contributed by atoms with Crippen molar-refractivity contribution in [3.05, 3.63) is 84.2 Å². The summed E-state index contributed by atoms with van der Waals surface area (Å²) in [7, 11) is 3.70. The number of para-hydroxylation sites is 3. The molecule has 3 aromatic carbocycles. The third-order valence-corrected chi connectivity index (χ3v) is 6.87. The van der Waals surface area contributed by atoms with Crippen molar-refractivity contribution in [3.8, 4) is 16.9 Å². The predicted octanol–water partition coefficient (Wildman–Crippen LogP) is 4.70. The van der Waals surface area contributed by atoms with Crippen LogP contribution in [0.5, 0.6) is 5.75 Å². The van der Waals surface area contributed by atoms with E-state index in [0.717, 1.165) is 45.7 Å². The van der Waals surface area contributed by atoms with Crippen LogP contribution in [0.2, 0.25) is 0 Å². The number of nitrogens with zero attached hydrogens (tertiary/aromatic N) is 2. The van der Waals surface area contributed by atoms with Crippen molar-refractivity contribution in [1.29, 1.82) is 0 Å². The van der Waals surface area contributed by atoms with E-state index >= 15 is 0 Å². The number of carbonyl (C=O) groups excluding carboxylic acids is 1. The van der Waals surface area contributed by atoms with Crippen LogP contribution in [0.15, 0.2) is 72.8 Å². The summed E-state index contributed by atoms with van der Waals surface area (Å²) in [6.07, 6.45) is 2.79. The zero-order chi connectivity index (χ0) is 24.3. The van der Waals surface area contributed by atoms with Gasteiger partial charge in [0.1, 0.15) is 11.6 Å². The molecule has 1 atom stereocenters. The van der Waals surface area contributed by atoms with Gasteiger partial charge in [-0.1, -0.05) is 54.6 Å². The molecule has 4 aromatic rings. The molecule has 1 N–H and O–H groups in total. The minimum absolute atomic E-state index is 0.0449. The molecule has 6 nitrogen and oxygen atoms in total. The summed E-state index contributed by atoms with van der Waals surface area (Å²) in [5.74, 6) is 1.74. The van der Waals surface area contributed by atoms with Gasteiger partial charge in [0.15, 0.2) is 5.60 Å². The number of nitrogens with one attached hydrogen (secondary N) is 1. The van der Waals surface area contributed by atoms with Crippen molar-refractivity contribution < 1.29 is 14.3 Å². The van der Waals surface area contributed by atoms with Gasteiger partial charge in [0.25, 0.3) is 5.91 Å². The molecular formula is C29H31N3O3. The molecule has 1 amide bonds. The van der Waals surface area contributed by atoms with Gasteiger partial charge in [-0.05, 0) is 42.2 Å². The first-order valence-electron chi connectivity index (χ1n) is 12.1. The van der Waals surface area contributed by atoms with E-state index in [1.807, 2.05) is 55.6 Å². The SMILES string of the molecule is COc1ccccc1-c1cccc(C[C@]2(C(=O)NCCc3nc4ccccc4n3C)CCCO2)c1. The average molecular weight is 470 g/mol. The molecule has 0 spiro atoms. The van der Waals surface area contributed by atoms with E-state index < -0.39 is 5.60 Å². The molecule has 0 aliphatic carbocycles. The van der Waals surface area contributed by atoms with E-state index in [0.29, 0.717) is 32.4 Å². The van der Waals surface area contributed by atoms with Gasteiger partial charge in [0.2, 0.25) is 0 Å². The zero-order valence-corrected chi connectivity index (χ0v) is 20.3. The Labute approximate surface area is 205 Å². The first-order chi connectivity index (χ1) is 17.1. The second-order valence-corrected chi connectivity index (χ2v) is 9.11. The van der Waals surface area contributed by atoms with Gasteiger partial charge in [-0.25, -0.2) is 4.98 Å². The van der Waals surface area contributed by atoms with Crippen molar-refractivity contribution in [3.63, 3.8) is 0 Å². The van der Waals surface area contributed by atoms with Crippen LogP contribution in [0.25, 0.3) is 22.2 Å². The van der Waals surface area contributed by atoms with Crippen LogP contribution in [0.3, 0.4) is 0 Å². The van der Waals surface area contributed by atoms with Crippen molar-refractivity contribution >= 4 is 16.9 Å². The number of imidazole rings is 1. The van der Waals surface area contributed by atoms with E-state index in [2.05, 4.69) is 34.1 Å². The van der Waals surface area contributed by atoms with Gasteiger partial charge in [0, 0.05) is 38.6 Å². The fraction of sp³-hybridized carbons (Fsp3) is 0.310. The summed E-state index contributed by atoms with van der Waals surface area (Å²) < 4.78 is 13.7. The van der Waals surface area contributed by atoms with Gasteiger partial charge in [-0.15, -0.1) is 0 Å². The van der Waals surface area contributed by atoms with Crippen molar-refractivity contribution in [2.45, 2.75) is 31.3 Å². The van der Waals surface area contributed by atoms with E-state index in [1.54, 1.807) is 7.11 Å². The summed E-state index contributed by atoms with van der Waals surface area (Å²) in [5, 5.41) is 3.13. The number of methoxy groups -OCH3 is 1. The normalized spacial score (nSPS) is 17.5. The maximum absolute atomic E-state index is 13.4. The maximum Gasteiger partial charge on any atom is 0.252 e. The molecule has 6 heteroatoms. The Morgan fingerprint density at radius 2 is 1.94 bits per heavy atom. The van der Waals surface area contributed by atoms with Crippen LogP contribution >= 0.6 is 0 Å². The van der Waals surface area contributed by atoms with Crippen LogP contribution in [-0.2, 0) is 29.4 Å². The third kappa shape index (κ3) is 4.66. The zero-order valence-electron chi connectivity index (χ0n) is 20.3. The highest BCUT2D eigenvalue weighted by molar-refractivity contribution is 5.86. The second kappa shape index (κ2) is 9.92. The first kappa shape index (κ1) is 23.1. The van der Waals surface area contributed by atoms with Crippen molar-refractivity contribution in [2.24, 2.45) is 7.05 Å². The maximum atomic E-state index is 13.4. The van der Waals surface area contributed by atoms with Crippen LogP contribution in [0, 0.1) is 0 Å². The molecule has 2 heterocycles. The number of hydrogen-bond acceptors (Lipinski definition) is 4. The standard InChI is InChI=1S/C29H31N3O3/c1-32-25-13-5-4-12-24(25)31-27(32)15-17-30-28(33)29(16-8-18-35-29)20-21-9-7-10-22(19-21)23-11-3-6-14-26(23)34-2/h3-7,9-14,19H,8,15-18,20H2,1-2H3,(H,30,33)/t29-/m0/s1. The summed E-state index contributed by atoms with van der Waals surface area (Å²) in [5.41, 5.74) is 4.40. The Kier molecular flexibility index (Phi) is 6.55. The Morgan fingerprint density at radius 3 is 2.74 bits per heavy atom. The highest BCUT2D eigenvalue weighted by Crippen LogP contribution is 2.33. The number of hydrogen-bond donors (Lipinski definition) is 1. The molecule has 1 fully saturated rings. The molecule has 0 radical (unpaired) electrons. The first-order valence-corrected chi connectivity index (χ1v) is 12.1. The Balaban J connectivity index is 1.30. The van der Waals surface area contributed by atoms with Gasteiger partial charge in [0.05, 0.1) is 18.1 Å². The van der Waals surface area contributed by atoms with Gasteiger partial charge in [-0.3, -0.25) is 4.79 Å². The molecule has 5 rings (SSSR count). The van der Waals surface area contributed by atoms with Gasteiger partial charge >= 0.3 is 0 Å². The topological polar surface area (TPSA) is 65.4 Å². The molecule has 180 valence electrons. The monoisotopic (exact) mass is 469 g/mol. The van der Waals surface area contributed by atoms with E-state index in [-0.39, 0.29) is 5.91 Å². The van der Waals surface area contributed by atoms with Crippen molar-refractivity contribution in [1.82, 2.24) is 14.9 Å². The van der Waals surface area contributed by atoms with Crippen LogP contribution in [-0.4, -0.2) is 41.3 Å². The van der Waals surface area contributed by atoms with Crippen LogP contribution in [0.4, 0.5) is 0 Å². The van der Waals surface area contributed by atoms with Crippen LogP contribution < -0.4 is 10.1 Å². The molecule has 1 saturated heterocycles. The number of aromatic nitrogens is 2. The molecule has 1 aliphatic heterocycles. The third-order valence-electron chi connectivity index (χ3n) is 6.87. The minimum atomic E-state index is -0.842. The summed E-state index contributed by atoms with van der Waals surface area (Å²) >= 11 is 0. The second-order valence-electron chi connectivity index (χ2n) is 9.11. The lowest BCUT2D eigenvalue weighted by molar-refractivity contribution is -0.141. The Morgan fingerprint density at radius 1 is 1.11 bits per heavy atom. The Bertz CT molecular complexity index is 1340. The summed E-state index contributed by atoms with van der Waals surface area (Å²) in [6, 6.07) is 24.4. The predicted molar refractivity (Wildman–Crippen MR) is 137 cm³/mol. The molecule has 1 aromatic heterocycles. The van der Waals surface area contributed by atoms with Gasteiger partial charge < -0.3 is 19.4 Å². The van der Waals surface area contributed by atoms with E-state index in [1.165, 1.54) is 0 Å². The number of fused-ring (bicyclic) bond motifs is 1. The van der Waals surface area contributed by atoms with Gasteiger partial charge in [-0.2, -0.15) is 0 Å². The lowest BCUT2D eigenvalue weighted by Gasteiger charge is -2.27. The number of ether oxygens (including phenoxy) is 2. The molecule has 0 bridgehead atoms. The smallest absolute Gasteiger partial charge is 0.252 e. The molecular weight excluding hydrogens is 438 g/mol. The largest absolute Gasteiger partial charge is 0.496 e. The fourth-order valence-electron chi connectivity index (χ4n) is 5.03. The number of carbonyl (C=O) groups is 1. The molecule has 35 heavy (non-hydrogen) atoms. The van der Waals surface area contributed by atoms with E-state index in [4.69, 9.17) is 14.5 Å². The lowest BCUT2D eigenvalue weighted by Crippen LogP contribution is -2.48. The van der Waals surface area contributed by atoms with Crippen LogP contribution in [0.1, 0.15) is 24.2 Å². The number of amides is 1. The molecule has 1 aliphatic rings. The number of rotatable bonds is 8. The number of aryl methyl sites for hydroxylation is 1.